The molecule has 1 atom stereocenters. The monoisotopic (exact) mass is 242 g/mol. The lowest BCUT2D eigenvalue weighted by atomic mass is 10.0. The summed E-state index contributed by atoms with van der Waals surface area (Å²) in [4.78, 5) is 21.6. The molecule has 0 saturated carbocycles. The molecule has 1 unspecified atom stereocenters. The quantitative estimate of drug-likeness (QED) is 0.525. The van der Waals surface area contributed by atoms with Crippen LogP contribution in [-0.4, -0.2) is 23.1 Å². The molecule has 0 spiro atoms. The van der Waals surface area contributed by atoms with Crippen LogP contribution in [0.3, 0.4) is 0 Å². The van der Waals surface area contributed by atoms with Gasteiger partial charge < -0.3 is 9.84 Å². The first-order valence-corrected chi connectivity index (χ1v) is 6.07. The standard InChI is InChI=1S/C13H22O4/c1-4-5-6-11(9-10(2)3)17-13(16)8-7-12(14)15/h7-8,10-11H,4-6,9H2,1-3H3,(H,14,15). The number of aliphatic carboxylic acids is 1. The summed E-state index contributed by atoms with van der Waals surface area (Å²) in [6.45, 7) is 6.22. The molecule has 0 aromatic rings. The fourth-order valence-corrected chi connectivity index (χ4v) is 1.53. The van der Waals surface area contributed by atoms with Crippen molar-refractivity contribution in [1.82, 2.24) is 0 Å². The second-order valence-corrected chi connectivity index (χ2v) is 4.50. The average Bonchev–Trinajstić information content (AvgIpc) is 2.22. The van der Waals surface area contributed by atoms with Crippen LogP contribution >= 0.6 is 0 Å². The number of rotatable bonds is 8. The highest BCUT2D eigenvalue weighted by atomic mass is 16.5. The van der Waals surface area contributed by atoms with Gasteiger partial charge in [0.05, 0.1) is 0 Å². The summed E-state index contributed by atoms with van der Waals surface area (Å²) < 4.78 is 5.22. The molecule has 4 heteroatoms. The number of carboxylic acid groups (broad SMARTS) is 1. The van der Waals surface area contributed by atoms with Crippen LogP contribution in [0.2, 0.25) is 0 Å². The molecule has 0 aromatic carbocycles. The van der Waals surface area contributed by atoms with Crippen LogP contribution in [0.5, 0.6) is 0 Å². The number of hydrogen-bond acceptors (Lipinski definition) is 3. The minimum absolute atomic E-state index is 0.110. The third-order valence-electron chi connectivity index (χ3n) is 2.26. The minimum atomic E-state index is -1.14. The molecular formula is C13H22O4. The Morgan fingerprint density at radius 2 is 1.94 bits per heavy atom. The van der Waals surface area contributed by atoms with Crippen LogP contribution in [-0.2, 0) is 14.3 Å². The second-order valence-electron chi connectivity index (χ2n) is 4.50. The van der Waals surface area contributed by atoms with Crippen LogP contribution in [0, 0.1) is 5.92 Å². The maximum atomic E-state index is 11.3. The highest BCUT2D eigenvalue weighted by molar-refractivity contribution is 5.90. The molecule has 0 radical (unpaired) electrons. The van der Waals surface area contributed by atoms with Crippen molar-refractivity contribution in [2.45, 2.75) is 52.6 Å². The number of carbonyl (C=O) groups is 2. The number of ether oxygens (including phenoxy) is 1. The molecule has 0 saturated heterocycles. The first-order chi connectivity index (χ1) is 7.95. The predicted octanol–water partition coefficient (Wildman–Crippen LogP) is 2.78. The Morgan fingerprint density at radius 3 is 2.41 bits per heavy atom. The van der Waals surface area contributed by atoms with Crippen molar-refractivity contribution >= 4 is 11.9 Å². The van der Waals surface area contributed by atoms with Gasteiger partial charge in [-0.2, -0.15) is 0 Å². The number of unbranched alkanes of at least 4 members (excludes halogenated alkanes) is 1. The highest BCUT2D eigenvalue weighted by Crippen LogP contribution is 2.15. The highest BCUT2D eigenvalue weighted by Gasteiger charge is 2.14. The third-order valence-corrected chi connectivity index (χ3v) is 2.26. The minimum Gasteiger partial charge on any atom is -0.478 e. The Hall–Kier alpha value is -1.32. The largest absolute Gasteiger partial charge is 0.478 e. The predicted molar refractivity (Wildman–Crippen MR) is 65.6 cm³/mol. The molecule has 0 amide bonds. The summed E-state index contributed by atoms with van der Waals surface area (Å²) in [5, 5.41) is 8.39. The summed E-state index contributed by atoms with van der Waals surface area (Å²) in [5.74, 6) is -1.27. The molecule has 4 nitrogen and oxygen atoms in total. The molecule has 0 aliphatic rings. The van der Waals surface area contributed by atoms with Crippen LogP contribution in [0.4, 0.5) is 0 Å². The molecule has 0 bridgehead atoms. The Balaban J connectivity index is 4.21. The third kappa shape index (κ3) is 9.60. The summed E-state index contributed by atoms with van der Waals surface area (Å²) in [6.07, 6.45) is 5.36. The SMILES string of the molecule is CCCCC(CC(C)C)OC(=O)C=CC(=O)O. The van der Waals surface area contributed by atoms with Crippen LogP contribution in [0.25, 0.3) is 0 Å². The number of carbonyl (C=O) groups excluding carboxylic acids is 1. The van der Waals surface area contributed by atoms with Gasteiger partial charge in [-0.05, 0) is 18.8 Å². The summed E-state index contributed by atoms with van der Waals surface area (Å²) in [6, 6.07) is 0. The lowest BCUT2D eigenvalue weighted by molar-refractivity contribution is -0.144. The zero-order chi connectivity index (χ0) is 13.3. The summed E-state index contributed by atoms with van der Waals surface area (Å²) in [5.41, 5.74) is 0. The van der Waals surface area contributed by atoms with Crippen molar-refractivity contribution < 1.29 is 19.4 Å². The molecule has 0 heterocycles. The van der Waals surface area contributed by atoms with Gasteiger partial charge in [0.15, 0.2) is 0 Å². The molecule has 0 aromatic heterocycles. The van der Waals surface area contributed by atoms with E-state index >= 15 is 0 Å². The smallest absolute Gasteiger partial charge is 0.331 e. The molecule has 0 fully saturated rings. The first kappa shape index (κ1) is 15.7. The number of hydrogen-bond donors (Lipinski definition) is 1. The van der Waals surface area contributed by atoms with Gasteiger partial charge in [0.2, 0.25) is 0 Å². The van der Waals surface area contributed by atoms with Gasteiger partial charge in [-0.25, -0.2) is 9.59 Å². The van der Waals surface area contributed by atoms with Crippen LogP contribution < -0.4 is 0 Å². The fourth-order valence-electron chi connectivity index (χ4n) is 1.53. The topological polar surface area (TPSA) is 63.6 Å². The van der Waals surface area contributed by atoms with Gasteiger partial charge in [-0.3, -0.25) is 0 Å². The van der Waals surface area contributed by atoms with E-state index in [4.69, 9.17) is 9.84 Å². The molecule has 98 valence electrons. The molecule has 0 rings (SSSR count). The van der Waals surface area contributed by atoms with E-state index in [-0.39, 0.29) is 6.10 Å². The van der Waals surface area contributed by atoms with E-state index in [0.29, 0.717) is 5.92 Å². The zero-order valence-electron chi connectivity index (χ0n) is 10.8. The van der Waals surface area contributed by atoms with E-state index < -0.39 is 11.9 Å². The van der Waals surface area contributed by atoms with E-state index in [0.717, 1.165) is 37.8 Å². The normalized spacial score (nSPS) is 12.9. The van der Waals surface area contributed by atoms with E-state index in [1.165, 1.54) is 0 Å². The van der Waals surface area contributed by atoms with Gasteiger partial charge in [-0.1, -0.05) is 33.6 Å². The van der Waals surface area contributed by atoms with Gasteiger partial charge in [0.25, 0.3) is 0 Å². The summed E-state index contributed by atoms with van der Waals surface area (Å²) >= 11 is 0. The average molecular weight is 242 g/mol. The number of carboxylic acids is 1. The molecule has 17 heavy (non-hydrogen) atoms. The van der Waals surface area contributed by atoms with E-state index in [9.17, 15) is 9.59 Å². The van der Waals surface area contributed by atoms with Gasteiger partial charge >= 0.3 is 11.9 Å². The lowest BCUT2D eigenvalue weighted by Crippen LogP contribution is -2.19. The van der Waals surface area contributed by atoms with Crippen LogP contribution in [0.1, 0.15) is 46.5 Å². The van der Waals surface area contributed by atoms with Crippen LogP contribution in [0.15, 0.2) is 12.2 Å². The maximum Gasteiger partial charge on any atom is 0.331 e. The van der Waals surface area contributed by atoms with E-state index in [1.807, 2.05) is 0 Å². The Kier molecular flexibility index (Phi) is 8.11. The second kappa shape index (κ2) is 8.79. The van der Waals surface area contributed by atoms with E-state index in [1.54, 1.807) is 0 Å². The van der Waals surface area contributed by atoms with Gasteiger partial charge in [-0.15, -0.1) is 0 Å². The molecule has 1 N–H and O–H groups in total. The van der Waals surface area contributed by atoms with Gasteiger partial charge in [0.1, 0.15) is 6.10 Å². The van der Waals surface area contributed by atoms with E-state index in [2.05, 4.69) is 20.8 Å². The van der Waals surface area contributed by atoms with Crippen molar-refractivity contribution in [3.63, 3.8) is 0 Å². The molecule has 0 aliphatic carbocycles. The Bertz CT molecular complexity index is 269. The number of esters is 1. The Labute approximate surface area is 103 Å². The first-order valence-electron chi connectivity index (χ1n) is 6.07. The molecule has 0 aliphatic heterocycles. The van der Waals surface area contributed by atoms with Crippen molar-refractivity contribution in [3.05, 3.63) is 12.2 Å². The zero-order valence-corrected chi connectivity index (χ0v) is 10.8. The van der Waals surface area contributed by atoms with Crippen molar-refractivity contribution in [2.75, 3.05) is 0 Å². The fraction of sp³-hybridized carbons (Fsp3) is 0.692. The lowest BCUT2D eigenvalue weighted by Gasteiger charge is -2.18. The maximum absolute atomic E-state index is 11.3. The molecular weight excluding hydrogens is 220 g/mol. The van der Waals surface area contributed by atoms with Crippen molar-refractivity contribution in [1.29, 1.82) is 0 Å². The van der Waals surface area contributed by atoms with Crippen molar-refractivity contribution in [2.24, 2.45) is 5.92 Å². The Morgan fingerprint density at radius 1 is 1.29 bits per heavy atom. The van der Waals surface area contributed by atoms with Crippen molar-refractivity contribution in [3.8, 4) is 0 Å². The van der Waals surface area contributed by atoms with Gasteiger partial charge in [0, 0.05) is 12.2 Å². The summed E-state index contributed by atoms with van der Waals surface area (Å²) in [7, 11) is 0.